The van der Waals surface area contributed by atoms with Crippen molar-refractivity contribution in [2.45, 2.75) is 6.54 Å². The molecule has 0 saturated heterocycles. The summed E-state index contributed by atoms with van der Waals surface area (Å²) in [6.07, 6.45) is 1.53. The van der Waals surface area contributed by atoms with Gasteiger partial charge in [-0.2, -0.15) is 0 Å². The summed E-state index contributed by atoms with van der Waals surface area (Å²) in [5.41, 5.74) is 5.98. The van der Waals surface area contributed by atoms with Crippen LogP contribution in [-0.2, 0) is 6.54 Å². The van der Waals surface area contributed by atoms with Crippen molar-refractivity contribution in [2.75, 3.05) is 0 Å². The standard InChI is InChI=1S/C9H10N4O/c10-5-9-11-6-13(12-9)7-3-1-2-4-8(7)14/h1-4,6,14H,5,10H2. The average Bonchev–Trinajstić information content (AvgIpc) is 2.67. The average molecular weight is 190 g/mol. The summed E-state index contributed by atoms with van der Waals surface area (Å²) in [6, 6.07) is 6.92. The summed E-state index contributed by atoms with van der Waals surface area (Å²) in [7, 11) is 0. The highest BCUT2D eigenvalue weighted by Gasteiger charge is 2.04. The van der Waals surface area contributed by atoms with Gasteiger partial charge in [-0.15, -0.1) is 5.10 Å². The Bertz CT molecular complexity index is 438. The van der Waals surface area contributed by atoms with Crippen LogP contribution in [-0.4, -0.2) is 19.9 Å². The van der Waals surface area contributed by atoms with E-state index in [9.17, 15) is 5.11 Å². The molecule has 1 aromatic carbocycles. The number of nitrogens with zero attached hydrogens (tertiary/aromatic N) is 3. The molecule has 0 bridgehead atoms. The van der Waals surface area contributed by atoms with E-state index in [4.69, 9.17) is 5.73 Å². The van der Waals surface area contributed by atoms with Gasteiger partial charge in [0.15, 0.2) is 5.82 Å². The zero-order chi connectivity index (χ0) is 9.97. The van der Waals surface area contributed by atoms with E-state index in [1.807, 2.05) is 6.07 Å². The minimum atomic E-state index is 0.168. The van der Waals surface area contributed by atoms with Crippen molar-refractivity contribution in [3.63, 3.8) is 0 Å². The molecular weight excluding hydrogens is 180 g/mol. The molecule has 1 aromatic heterocycles. The first-order valence-electron chi connectivity index (χ1n) is 4.20. The molecule has 14 heavy (non-hydrogen) atoms. The van der Waals surface area contributed by atoms with Crippen molar-refractivity contribution in [2.24, 2.45) is 5.73 Å². The Labute approximate surface area is 80.8 Å². The van der Waals surface area contributed by atoms with Gasteiger partial charge >= 0.3 is 0 Å². The maximum atomic E-state index is 9.53. The second-order valence-electron chi connectivity index (χ2n) is 2.80. The Morgan fingerprint density at radius 3 is 2.79 bits per heavy atom. The molecule has 0 aliphatic carbocycles. The third kappa shape index (κ3) is 1.45. The van der Waals surface area contributed by atoms with Gasteiger partial charge in [-0.3, -0.25) is 0 Å². The van der Waals surface area contributed by atoms with Crippen LogP contribution in [0.4, 0.5) is 0 Å². The summed E-state index contributed by atoms with van der Waals surface area (Å²) in [5, 5.41) is 13.6. The summed E-state index contributed by atoms with van der Waals surface area (Å²) in [6.45, 7) is 0.292. The Morgan fingerprint density at radius 1 is 1.36 bits per heavy atom. The fourth-order valence-corrected chi connectivity index (χ4v) is 1.16. The monoisotopic (exact) mass is 190 g/mol. The van der Waals surface area contributed by atoms with Gasteiger partial charge in [0.05, 0.1) is 6.54 Å². The van der Waals surface area contributed by atoms with Gasteiger partial charge in [0.25, 0.3) is 0 Å². The minimum Gasteiger partial charge on any atom is -0.506 e. The lowest BCUT2D eigenvalue weighted by atomic mass is 10.3. The summed E-state index contributed by atoms with van der Waals surface area (Å²) >= 11 is 0. The second-order valence-corrected chi connectivity index (χ2v) is 2.80. The van der Waals surface area contributed by atoms with Crippen molar-refractivity contribution in [1.82, 2.24) is 14.8 Å². The fraction of sp³-hybridized carbons (Fsp3) is 0.111. The molecule has 0 radical (unpaired) electrons. The van der Waals surface area contributed by atoms with Gasteiger partial charge in [-0.25, -0.2) is 9.67 Å². The lowest BCUT2D eigenvalue weighted by Gasteiger charge is -2.01. The summed E-state index contributed by atoms with van der Waals surface area (Å²) in [5.74, 6) is 0.717. The molecule has 0 amide bonds. The second kappa shape index (κ2) is 3.47. The molecular formula is C9H10N4O. The number of para-hydroxylation sites is 2. The van der Waals surface area contributed by atoms with Crippen LogP contribution in [0.2, 0.25) is 0 Å². The summed E-state index contributed by atoms with van der Waals surface area (Å²) < 4.78 is 1.50. The molecule has 0 unspecified atom stereocenters. The number of hydrogen-bond acceptors (Lipinski definition) is 4. The van der Waals surface area contributed by atoms with Crippen LogP contribution in [0.25, 0.3) is 5.69 Å². The number of hydrogen-bond donors (Lipinski definition) is 2. The Kier molecular flexibility index (Phi) is 2.16. The quantitative estimate of drug-likeness (QED) is 0.720. The number of phenols is 1. The fourth-order valence-electron chi connectivity index (χ4n) is 1.16. The van der Waals surface area contributed by atoms with Crippen LogP contribution in [0.5, 0.6) is 5.75 Å². The number of aromatic nitrogens is 3. The van der Waals surface area contributed by atoms with Crippen molar-refractivity contribution in [3.05, 3.63) is 36.4 Å². The molecule has 0 spiro atoms. The first kappa shape index (κ1) is 8.71. The van der Waals surface area contributed by atoms with E-state index in [0.29, 0.717) is 18.1 Å². The smallest absolute Gasteiger partial charge is 0.164 e. The first-order chi connectivity index (χ1) is 6.81. The lowest BCUT2D eigenvalue weighted by molar-refractivity contribution is 0.470. The normalized spacial score (nSPS) is 10.4. The highest BCUT2D eigenvalue weighted by Crippen LogP contribution is 2.18. The van der Waals surface area contributed by atoms with Crippen molar-refractivity contribution in [3.8, 4) is 11.4 Å². The van der Waals surface area contributed by atoms with Crippen LogP contribution >= 0.6 is 0 Å². The summed E-state index contributed by atoms with van der Waals surface area (Å²) in [4.78, 5) is 3.97. The van der Waals surface area contributed by atoms with Crippen LogP contribution < -0.4 is 5.73 Å². The SMILES string of the molecule is NCc1ncn(-c2ccccc2O)n1. The molecule has 2 rings (SSSR count). The van der Waals surface area contributed by atoms with E-state index in [1.54, 1.807) is 18.2 Å². The van der Waals surface area contributed by atoms with Gasteiger partial charge in [0.2, 0.25) is 0 Å². The number of aromatic hydroxyl groups is 1. The third-order valence-corrected chi connectivity index (χ3v) is 1.85. The van der Waals surface area contributed by atoms with Crippen LogP contribution in [0.15, 0.2) is 30.6 Å². The molecule has 0 aliphatic rings. The van der Waals surface area contributed by atoms with Crippen molar-refractivity contribution >= 4 is 0 Å². The van der Waals surface area contributed by atoms with Crippen molar-refractivity contribution < 1.29 is 5.11 Å². The maximum Gasteiger partial charge on any atom is 0.164 e. The van der Waals surface area contributed by atoms with Crippen LogP contribution in [0.3, 0.4) is 0 Å². The topological polar surface area (TPSA) is 77.0 Å². The van der Waals surface area contributed by atoms with E-state index in [0.717, 1.165) is 0 Å². The Morgan fingerprint density at radius 2 is 2.14 bits per heavy atom. The third-order valence-electron chi connectivity index (χ3n) is 1.85. The van der Waals surface area contributed by atoms with Gasteiger partial charge in [-0.05, 0) is 12.1 Å². The molecule has 2 aromatic rings. The van der Waals surface area contributed by atoms with Gasteiger partial charge in [0, 0.05) is 0 Å². The molecule has 1 heterocycles. The molecule has 0 saturated carbocycles. The van der Waals surface area contributed by atoms with E-state index < -0.39 is 0 Å². The van der Waals surface area contributed by atoms with E-state index in [2.05, 4.69) is 10.1 Å². The number of nitrogens with two attached hydrogens (primary N) is 1. The molecule has 3 N–H and O–H groups in total. The van der Waals surface area contributed by atoms with E-state index in [1.165, 1.54) is 11.0 Å². The zero-order valence-electron chi connectivity index (χ0n) is 7.46. The minimum absolute atomic E-state index is 0.168. The Hall–Kier alpha value is -1.88. The number of phenolic OH excluding ortho intramolecular Hbond substituents is 1. The zero-order valence-corrected chi connectivity index (χ0v) is 7.46. The number of benzene rings is 1. The van der Waals surface area contributed by atoms with Gasteiger partial charge < -0.3 is 10.8 Å². The van der Waals surface area contributed by atoms with Crippen LogP contribution in [0.1, 0.15) is 5.82 Å². The molecule has 5 heteroatoms. The number of rotatable bonds is 2. The molecule has 72 valence electrons. The lowest BCUT2D eigenvalue weighted by Crippen LogP contribution is -2.01. The predicted octanol–water partition coefficient (Wildman–Crippen LogP) is 0.432. The molecule has 5 nitrogen and oxygen atoms in total. The molecule has 0 fully saturated rings. The largest absolute Gasteiger partial charge is 0.506 e. The van der Waals surface area contributed by atoms with E-state index in [-0.39, 0.29) is 5.75 Å². The van der Waals surface area contributed by atoms with Gasteiger partial charge in [-0.1, -0.05) is 12.1 Å². The van der Waals surface area contributed by atoms with Crippen molar-refractivity contribution in [1.29, 1.82) is 0 Å². The first-order valence-corrected chi connectivity index (χ1v) is 4.20. The van der Waals surface area contributed by atoms with Crippen LogP contribution in [0, 0.1) is 0 Å². The Balaban J connectivity index is 2.44. The van der Waals surface area contributed by atoms with Gasteiger partial charge in [0.1, 0.15) is 17.8 Å². The predicted molar refractivity (Wildman–Crippen MR) is 50.9 cm³/mol. The molecule has 0 aliphatic heterocycles. The molecule has 0 atom stereocenters. The van der Waals surface area contributed by atoms with E-state index >= 15 is 0 Å². The maximum absolute atomic E-state index is 9.53. The highest BCUT2D eigenvalue weighted by molar-refractivity contribution is 5.44. The highest BCUT2D eigenvalue weighted by atomic mass is 16.3.